The molecule has 5 heteroatoms. The van der Waals surface area contributed by atoms with Crippen LogP contribution in [0.25, 0.3) is 11.5 Å². The van der Waals surface area contributed by atoms with E-state index in [9.17, 15) is 5.11 Å². The smallest absolute Gasteiger partial charge is 0.289 e. The van der Waals surface area contributed by atoms with E-state index in [4.69, 9.17) is 12.2 Å². The van der Waals surface area contributed by atoms with Gasteiger partial charge in [0, 0.05) is 17.8 Å². The van der Waals surface area contributed by atoms with Crippen LogP contribution in [0.4, 0.5) is 5.69 Å². The molecule has 3 nitrogen and oxygen atoms in total. The number of pyridine rings is 1. The molecule has 0 bridgehead atoms. The average Bonchev–Trinajstić information content (AvgIpc) is 3.18. The molecular formula is C20H19N2OS2+. The van der Waals surface area contributed by atoms with Crippen LogP contribution in [0.2, 0.25) is 0 Å². The van der Waals surface area contributed by atoms with Crippen LogP contribution in [-0.4, -0.2) is 10.1 Å². The molecule has 3 rings (SSSR count). The Morgan fingerprint density at radius 3 is 2.52 bits per heavy atom. The van der Waals surface area contributed by atoms with Gasteiger partial charge in [-0.3, -0.25) is 0 Å². The largest absolute Gasteiger partial charge is 0.501 e. The second-order valence-electron chi connectivity index (χ2n) is 5.42. The van der Waals surface area contributed by atoms with Crippen molar-refractivity contribution in [3.05, 3.63) is 82.8 Å². The summed E-state index contributed by atoms with van der Waals surface area (Å²) < 4.78 is 1.83. The van der Waals surface area contributed by atoms with E-state index in [1.54, 1.807) is 0 Å². The van der Waals surface area contributed by atoms with Crippen molar-refractivity contribution in [3.63, 3.8) is 0 Å². The van der Waals surface area contributed by atoms with Gasteiger partial charge in [-0.25, -0.2) is 0 Å². The molecular weight excluding hydrogens is 348 g/mol. The van der Waals surface area contributed by atoms with Crippen LogP contribution in [0.5, 0.6) is 0 Å². The van der Waals surface area contributed by atoms with Gasteiger partial charge in [-0.15, -0.1) is 11.3 Å². The van der Waals surface area contributed by atoms with E-state index in [-0.39, 0.29) is 5.76 Å². The molecule has 0 aliphatic carbocycles. The van der Waals surface area contributed by atoms with Crippen molar-refractivity contribution in [1.82, 2.24) is 0 Å². The van der Waals surface area contributed by atoms with Gasteiger partial charge in [0.15, 0.2) is 17.4 Å². The molecule has 0 aliphatic rings. The molecule has 1 aromatic carbocycles. The van der Waals surface area contributed by atoms with Crippen LogP contribution in [-0.2, 0) is 6.42 Å². The van der Waals surface area contributed by atoms with Crippen molar-refractivity contribution in [1.29, 1.82) is 0 Å². The lowest BCUT2D eigenvalue weighted by Gasteiger charge is -2.12. The Labute approximate surface area is 156 Å². The van der Waals surface area contributed by atoms with Crippen molar-refractivity contribution in [2.24, 2.45) is 0 Å². The van der Waals surface area contributed by atoms with Gasteiger partial charge in [-0.2, -0.15) is 4.57 Å². The number of aryl methyl sites for hydroxylation is 1. The van der Waals surface area contributed by atoms with E-state index in [2.05, 4.69) is 18.3 Å². The zero-order valence-corrected chi connectivity index (χ0v) is 15.5. The Kier molecular flexibility index (Phi) is 5.58. The van der Waals surface area contributed by atoms with Crippen molar-refractivity contribution in [2.75, 3.05) is 5.32 Å². The summed E-state index contributed by atoms with van der Waals surface area (Å²) in [6.45, 7) is 2.11. The number of thiophene rings is 1. The van der Waals surface area contributed by atoms with Crippen molar-refractivity contribution >= 4 is 45.7 Å². The van der Waals surface area contributed by atoms with Crippen LogP contribution < -0.4 is 9.88 Å². The normalized spacial score (nSPS) is 11.7. The molecule has 0 amide bonds. The summed E-state index contributed by atoms with van der Waals surface area (Å²) in [6.07, 6.45) is 4.65. The Bertz CT molecular complexity index is 887. The van der Waals surface area contributed by atoms with Gasteiger partial charge in [0.2, 0.25) is 5.76 Å². The van der Waals surface area contributed by atoms with Gasteiger partial charge in [0.1, 0.15) is 0 Å². The first-order valence-corrected chi connectivity index (χ1v) is 9.32. The van der Waals surface area contributed by atoms with E-state index in [1.807, 2.05) is 70.9 Å². The lowest BCUT2D eigenvalue weighted by Crippen LogP contribution is -2.38. The maximum atomic E-state index is 10.8. The molecule has 2 aromatic heterocycles. The zero-order chi connectivity index (χ0) is 17.6. The summed E-state index contributed by atoms with van der Waals surface area (Å²) >= 11 is 7.13. The Hall–Kier alpha value is -2.50. The van der Waals surface area contributed by atoms with Crippen LogP contribution in [0.1, 0.15) is 17.4 Å². The van der Waals surface area contributed by atoms with Crippen molar-refractivity contribution < 1.29 is 9.67 Å². The fourth-order valence-corrected chi connectivity index (χ4v) is 3.54. The first-order valence-electron chi connectivity index (χ1n) is 8.03. The molecule has 0 radical (unpaired) electrons. The third kappa shape index (κ3) is 3.95. The Morgan fingerprint density at radius 1 is 1.08 bits per heavy atom. The number of nitrogens with zero attached hydrogens (tertiary/aromatic N) is 1. The number of aliphatic hydroxyl groups excluding tert-OH is 1. The number of aromatic nitrogens is 1. The summed E-state index contributed by atoms with van der Waals surface area (Å²) in [4.78, 5) is 1.25. The van der Waals surface area contributed by atoms with E-state index in [0.29, 0.717) is 10.7 Å². The highest BCUT2D eigenvalue weighted by atomic mass is 32.1. The number of benzene rings is 1. The summed E-state index contributed by atoms with van der Waals surface area (Å²) in [6, 6.07) is 17.6. The molecule has 0 spiro atoms. The quantitative estimate of drug-likeness (QED) is 0.291. The van der Waals surface area contributed by atoms with Gasteiger partial charge >= 0.3 is 0 Å². The van der Waals surface area contributed by atoms with E-state index >= 15 is 0 Å². The van der Waals surface area contributed by atoms with Gasteiger partial charge in [-0.1, -0.05) is 49.5 Å². The van der Waals surface area contributed by atoms with E-state index in [0.717, 1.165) is 17.0 Å². The number of hydrogen-bond donors (Lipinski definition) is 2. The molecule has 0 fully saturated rings. The minimum atomic E-state index is 0.165. The number of para-hydroxylation sites is 1. The Morgan fingerprint density at radius 2 is 1.84 bits per heavy atom. The maximum absolute atomic E-state index is 10.8. The molecule has 2 heterocycles. The molecule has 0 aliphatic heterocycles. The predicted octanol–water partition coefficient (Wildman–Crippen LogP) is 4.92. The third-order valence-electron chi connectivity index (χ3n) is 3.81. The van der Waals surface area contributed by atoms with Gasteiger partial charge in [0.05, 0.1) is 4.88 Å². The fourth-order valence-electron chi connectivity index (χ4n) is 2.56. The first kappa shape index (κ1) is 17.3. The molecule has 0 saturated carbocycles. The number of hydrogen-bond acceptors (Lipinski definition) is 3. The Balaban J connectivity index is 2.03. The lowest BCUT2D eigenvalue weighted by molar-refractivity contribution is -0.575. The molecule has 0 atom stereocenters. The second-order valence-corrected chi connectivity index (χ2v) is 6.78. The molecule has 3 aromatic rings. The predicted molar refractivity (Wildman–Crippen MR) is 109 cm³/mol. The highest BCUT2D eigenvalue weighted by Crippen LogP contribution is 2.23. The summed E-state index contributed by atoms with van der Waals surface area (Å²) in [5.41, 5.74) is 2.70. The van der Waals surface area contributed by atoms with Gasteiger partial charge in [0.25, 0.3) is 5.70 Å². The van der Waals surface area contributed by atoms with E-state index in [1.165, 1.54) is 16.9 Å². The minimum Gasteiger partial charge on any atom is -0.501 e. The van der Waals surface area contributed by atoms with Crippen LogP contribution in [0, 0.1) is 0 Å². The van der Waals surface area contributed by atoms with Crippen molar-refractivity contribution in [2.45, 2.75) is 13.3 Å². The fraction of sp³-hybridized carbons (Fsp3) is 0.100. The minimum absolute atomic E-state index is 0.165. The van der Waals surface area contributed by atoms with Crippen LogP contribution in [0.3, 0.4) is 0 Å². The van der Waals surface area contributed by atoms with Gasteiger partial charge < -0.3 is 10.4 Å². The number of anilines is 1. The summed E-state index contributed by atoms with van der Waals surface area (Å²) in [5.74, 6) is 0.165. The summed E-state index contributed by atoms with van der Waals surface area (Å²) in [7, 11) is 0. The van der Waals surface area contributed by atoms with Crippen LogP contribution >= 0.6 is 23.6 Å². The monoisotopic (exact) mass is 367 g/mol. The van der Waals surface area contributed by atoms with Crippen LogP contribution in [0.15, 0.2) is 72.4 Å². The topological polar surface area (TPSA) is 36.1 Å². The number of nitrogens with one attached hydrogen (secondary N) is 1. The standard InChI is InChI=1S/C20H18N2OS2/c1-2-15-9-4-5-10-16(15)21-20(24)18(22-12-6-3-7-13-22)19(23)17-11-8-14-25-17/h3-14H,2H2,1H3,(H-,21,23,24)/p+1. The summed E-state index contributed by atoms with van der Waals surface area (Å²) in [5, 5.41) is 16.1. The second kappa shape index (κ2) is 8.05. The maximum Gasteiger partial charge on any atom is 0.289 e. The number of thiocarbonyl (C=S) groups is 1. The molecule has 126 valence electrons. The molecule has 0 unspecified atom stereocenters. The number of aliphatic hydroxyl groups is 1. The van der Waals surface area contributed by atoms with E-state index < -0.39 is 0 Å². The molecule has 0 saturated heterocycles. The SMILES string of the molecule is CCc1ccccc1NC(=S)C(=C(O)c1cccs1)[n+]1ccccc1. The molecule has 25 heavy (non-hydrogen) atoms. The molecule has 2 N–H and O–H groups in total. The highest BCUT2D eigenvalue weighted by molar-refractivity contribution is 7.81. The van der Waals surface area contributed by atoms with Crippen molar-refractivity contribution in [3.8, 4) is 0 Å². The highest BCUT2D eigenvalue weighted by Gasteiger charge is 2.24. The van der Waals surface area contributed by atoms with Gasteiger partial charge in [-0.05, 0) is 29.5 Å². The first-order chi connectivity index (χ1) is 12.2. The third-order valence-corrected chi connectivity index (χ3v) is 4.99. The average molecular weight is 368 g/mol. The lowest BCUT2D eigenvalue weighted by atomic mass is 10.1. The number of rotatable bonds is 5. The zero-order valence-electron chi connectivity index (χ0n) is 13.8.